The van der Waals surface area contributed by atoms with E-state index in [2.05, 4.69) is 19.2 Å². The lowest BCUT2D eigenvalue weighted by atomic mass is 10.0. The molecule has 0 rings (SSSR count). The highest BCUT2D eigenvalue weighted by Gasteiger charge is 2.20. The fraction of sp³-hybridized carbons (Fsp3) is 0.978. The van der Waals surface area contributed by atoms with Crippen molar-refractivity contribution >= 4 is 5.91 Å². The Morgan fingerprint density at radius 3 is 0.900 bits per heavy atom. The molecule has 0 heterocycles. The molecule has 0 aliphatic heterocycles. The number of unbranched alkanes of at least 4 members (excludes halogenated alkanes) is 36. The lowest BCUT2D eigenvalue weighted by molar-refractivity contribution is -0.123. The van der Waals surface area contributed by atoms with Crippen molar-refractivity contribution in [3.05, 3.63) is 0 Å². The van der Waals surface area contributed by atoms with Crippen LogP contribution in [0.2, 0.25) is 0 Å². The van der Waals surface area contributed by atoms with Gasteiger partial charge in [-0.05, 0) is 12.8 Å². The van der Waals surface area contributed by atoms with Crippen molar-refractivity contribution in [3.8, 4) is 0 Å². The number of rotatable bonds is 43. The summed E-state index contributed by atoms with van der Waals surface area (Å²) in [6.07, 6.45) is 51.9. The molecule has 4 nitrogen and oxygen atoms in total. The van der Waals surface area contributed by atoms with Gasteiger partial charge in [-0.15, -0.1) is 0 Å². The molecule has 2 unspecified atom stereocenters. The van der Waals surface area contributed by atoms with Gasteiger partial charge in [-0.2, -0.15) is 0 Å². The molecule has 0 bridgehead atoms. The summed E-state index contributed by atoms with van der Waals surface area (Å²) in [5.41, 5.74) is 0. The number of amides is 1. The molecule has 0 saturated heterocycles. The maximum Gasteiger partial charge on any atom is 0.220 e. The zero-order valence-corrected chi connectivity index (χ0v) is 34.4. The van der Waals surface area contributed by atoms with Gasteiger partial charge >= 0.3 is 0 Å². The molecule has 4 heteroatoms. The Hall–Kier alpha value is -0.610. The molecule has 0 aromatic carbocycles. The Bertz CT molecular complexity index is 641. The number of aliphatic hydroxyl groups excluding tert-OH is 2. The largest absolute Gasteiger partial charge is 0.394 e. The van der Waals surface area contributed by atoms with Gasteiger partial charge in [-0.3, -0.25) is 4.79 Å². The quantitative estimate of drug-likeness (QED) is 0.0553. The second kappa shape index (κ2) is 42.8. The molecule has 300 valence electrons. The second-order valence-corrected chi connectivity index (χ2v) is 16.2. The summed E-state index contributed by atoms with van der Waals surface area (Å²) in [5, 5.41) is 23.2. The first-order valence-corrected chi connectivity index (χ1v) is 23.2. The maximum atomic E-state index is 12.4. The van der Waals surface area contributed by atoms with E-state index in [1.54, 1.807) is 0 Å². The highest BCUT2D eigenvalue weighted by atomic mass is 16.3. The summed E-state index contributed by atoms with van der Waals surface area (Å²) in [7, 11) is 0. The van der Waals surface area contributed by atoms with Crippen molar-refractivity contribution in [3.63, 3.8) is 0 Å². The second-order valence-electron chi connectivity index (χ2n) is 16.2. The highest BCUT2D eigenvalue weighted by Crippen LogP contribution is 2.17. The van der Waals surface area contributed by atoms with Gasteiger partial charge in [0.2, 0.25) is 5.91 Å². The summed E-state index contributed by atoms with van der Waals surface area (Å²) in [5.74, 6) is -0.0263. The Balaban J connectivity index is 3.43. The van der Waals surface area contributed by atoms with E-state index in [9.17, 15) is 15.0 Å². The Morgan fingerprint density at radius 2 is 0.640 bits per heavy atom. The van der Waals surface area contributed by atoms with Gasteiger partial charge in [-0.1, -0.05) is 251 Å². The maximum absolute atomic E-state index is 12.4. The molecular formula is C46H93NO3. The van der Waals surface area contributed by atoms with Crippen LogP contribution in [0, 0.1) is 0 Å². The van der Waals surface area contributed by atoms with Crippen LogP contribution in [0.3, 0.4) is 0 Å². The highest BCUT2D eigenvalue weighted by molar-refractivity contribution is 5.76. The third kappa shape index (κ3) is 38.6. The topological polar surface area (TPSA) is 69.6 Å². The van der Waals surface area contributed by atoms with Crippen LogP contribution in [0.25, 0.3) is 0 Å². The van der Waals surface area contributed by atoms with Crippen LogP contribution in [0.5, 0.6) is 0 Å². The van der Waals surface area contributed by atoms with Crippen LogP contribution < -0.4 is 5.32 Å². The van der Waals surface area contributed by atoms with Gasteiger partial charge in [0, 0.05) is 6.42 Å². The number of hydrogen-bond donors (Lipinski definition) is 3. The Labute approximate surface area is 314 Å². The molecule has 0 aromatic heterocycles. The van der Waals surface area contributed by atoms with E-state index >= 15 is 0 Å². The van der Waals surface area contributed by atoms with Crippen LogP contribution in [0.1, 0.15) is 271 Å². The molecule has 0 spiro atoms. The molecule has 1 amide bonds. The van der Waals surface area contributed by atoms with Gasteiger partial charge in [0.1, 0.15) is 0 Å². The van der Waals surface area contributed by atoms with E-state index in [4.69, 9.17) is 0 Å². The first-order chi connectivity index (χ1) is 24.7. The van der Waals surface area contributed by atoms with Crippen molar-refractivity contribution in [2.45, 2.75) is 283 Å². The zero-order chi connectivity index (χ0) is 36.4. The first-order valence-electron chi connectivity index (χ1n) is 23.2. The number of carbonyl (C=O) groups is 1. The van der Waals surface area contributed by atoms with Gasteiger partial charge in [0.25, 0.3) is 0 Å². The summed E-state index contributed by atoms with van der Waals surface area (Å²) in [4.78, 5) is 12.4. The van der Waals surface area contributed by atoms with Crippen molar-refractivity contribution in [1.82, 2.24) is 5.32 Å². The van der Waals surface area contributed by atoms with Crippen LogP contribution in [-0.2, 0) is 4.79 Å². The van der Waals surface area contributed by atoms with E-state index in [-0.39, 0.29) is 12.5 Å². The molecule has 2 atom stereocenters. The molecule has 0 aromatic rings. The van der Waals surface area contributed by atoms with Gasteiger partial charge in [-0.25, -0.2) is 0 Å². The summed E-state index contributed by atoms with van der Waals surface area (Å²) in [6.45, 7) is 4.38. The average Bonchev–Trinajstić information content (AvgIpc) is 3.12. The SMILES string of the molecule is CCCCCCCCCCCCCCCCCCCCCCCCCCC(O)C(CO)NC(=O)CCCCCCCCCCCCCCCC. The molecule has 0 radical (unpaired) electrons. The fourth-order valence-electron chi connectivity index (χ4n) is 7.54. The molecule has 0 saturated carbocycles. The van der Waals surface area contributed by atoms with E-state index in [1.165, 1.54) is 218 Å². The predicted octanol–water partition coefficient (Wildman–Crippen LogP) is 14.5. The summed E-state index contributed by atoms with van der Waals surface area (Å²) >= 11 is 0. The zero-order valence-electron chi connectivity index (χ0n) is 34.4. The van der Waals surface area contributed by atoms with Gasteiger partial charge < -0.3 is 15.5 Å². The van der Waals surface area contributed by atoms with Gasteiger partial charge in [0.15, 0.2) is 0 Å². The molecule has 50 heavy (non-hydrogen) atoms. The van der Waals surface area contributed by atoms with E-state index in [0.717, 1.165) is 25.7 Å². The minimum absolute atomic E-state index is 0.0263. The summed E-state index contributed by atoms with van der Waals surface area (Å²) < 4.78 is 0. The third-order valence-corrected chi connectivity index (χ3v) is 11.1. The van der Waals surface area contributed by atoms with Gasteiger partial charge in [0.05, 0.1) is 18.8 Å². The Kier molecular flexibility index (Phi) is 42.3. The molecule has 0 fully saturated rings. The molecule has 3 N–H and O–H groups in total. The van der Waals surface area contributed by atoms with Crippen molar-refractivity contribution in [2.24, 2.45) is 0 Å². The number of hydrogen-bond acceptors (Lipinski definition) is 3. The normalized spacial score (nSPS) is 12.8. The summed E-state index contributed by atoms with van der Waals surface area (Å²) in [6, 6.07) is -0.529. The fourth-order valence-corrected chi connectivity index (χ4v) is 7.54. The van der Waals surface area contributed by atoms with E-state index in [1.807, 2.05) is 0 Å². The third-order valence-electron chi connectivity index (χ3n) is 11.1. The molecule has 0 aliphatic rings. The van der Waals surface area contributed by atoms with E-state index < -0.39 is 12.1 Å². The number of aliphatic hydroxyl groups is 2. The van der Waals surface area contributed by atoms with Crippen molar-refractivity contribution < 1.29 is 15.0 Å². The van der Waals surface area contributed by atoms with Crippen LogP contribution >= 0.6 is 0 Å². The monoisotopic (exact) mass is 708 g/mol. The number of nitrogens with one attached hydrogen (secondary N) is 1. The van der Waals surface area contributed by atoms with Crippen LogP contribution in [-0.4, -0.2) is 34.9 Å². The number of carbonyl (C=O) groups excluding carboxylic acids is 1. The smallest absolute Gasteiger partial charge is 0.220 e. The minimum Gasteiger partial charge on any atom is -0.394 e. The molecule has 0 aliphatic carbocycles. The van der Waals surface area contributed by atoms with Crippen LogP contribution in [0.4, 0.5) is 0 Å². The lowest BCUT2D eigenvalue weighted by Crippen LogP contribution is -2.45. The van der Waals surface area contributed by atoms with Crippen molar-refractivity contribution in [1.29, 1.82) is 0 Å². The molecular weight excluding hydrogens is 615 g/mol. The average molecular weight is 708 g/mol. The Morgan fingerprint density at radius 1 is 0.400 bits per heavy atom. The standard InChI is InChI=1S/C46H93NO3/c1-3-5-7-9-11-13-15-17-19-20-21-22-23-24-25-26-27-28-29-31-33-35-37-39-41-45(49)44(43-48)47-46(50)42-40-38-36-34-32-30-18-16-14-12-10-8-6-4-2/h44-45,48-49H,3-43H2,1-2H3,(H,47,50). The van der Waals surface area contributed by atoms with Crippen molar-refractivity contribution in [2.75, 3.05) is 6.61 Å². The van der Waals surface area contributed by atoms with E-state index in [0.29, 0.717) is 12.8 Å². The van der Waals surface area contributed by atoms with Crippen LogP contribution in [0.15, 0.2) is 0 Å². The minimum atomic E-state index is -0.653. The lowest BCUT2D eigenvalue weighted by Gasteiger charge is -2.22. The first kappa shape index (κ1) is 49.4. The predicted molar refractivity (Wildman–Crippen MR) is 221 cm³/mol.